The molecule has 7 nitrogen and oxygen atoms in total. The first-order valence-corrected chi connectivity index (χ1v) is 7.79. The number of hydrogen-bond donors (Lipinski definition) is 2. The van der Waals surface area contributed by atoms with E-state index in [1.807, 2.05) is 0 Å². The van der Waals surface area contributed by atoms with Gasteiger partial charge in [-0.1, -0.05) is 6.92 Å². The average molecular weight is 341 g/mol. The van der Waals surface area contributed by atoms with Gasteiger partial charge in [0.05, 0.1) is 5.56 Å². The topological polar surface area (TPSA) is 97.4 Å². The van der Waals surface area contributed by atoms with Crippen LogP contribution in [-0.4, -0.2) is 28.9 Å². The molecule has 7 heteroatoms. The molecule has 2 amide bonds. The largest absolute Gasteiger partial charge is 0.449 e. The van der Waals surface area contributed by atoms with E-state index in [0.717, 1.165) is 0 Å². The quantitative estimate of drug-likeness (QED) is 0.787. The highest BCUT2D eigenvalue weighted by Gasteiger charge is 2.22. The molecule has 0 spiro atoms. The molecular weight excluding hydrogens is 322 g/mol. The summed E-state index contributed by atoms with van der Waals surface area (Å²) in [6.07, 6.45) is 2.35. The molecule has 1 unspecified atom stereocenters. The highest BCUT2D eigenvalue weighted by Crippen LogP contribution is 2.15. The Hall–Kier alpha value is -3.22. The Bertz CT molecular complexity index is 745. The van der Waals surface area contributed by atoms with Crippen molar-refractivity contribution in [3.63, 3.8) is 0 Å². The zero-order valence-electron chi connectivity index (χ0n) is 14.0. The zero-order valence-corrected chi connectivity index (χ0v) is 14.0. The van der Waals surface area contributed by atoms with Crippen LogP contribution in [-0.2, 0) is 14.3 Å². The van der Waals surface area contributed by atoms with Gasteiger partial charge in [0.2, 0.25) is 5.91 Å². The van der Waals surface area contributed by atoms with Crippen molar-refractivity contribution in [2.24, 2.45) is 0 Å². The fourth-order valence-electron chi connectivity index (χ4n) is 2.07. The summed E-state index contributed by atoms with van der Waals surface area (Å²) in [5.41, 5.74) is 1.45. The van der Waals surface area contributed by atoms with Crippen LogP contribution in [0.25, 0.3) is 0 Å². The van der Waals surface area contributed by atoms with Crippen molar-refractivity contribution < 1.29 is 19.1 Å². The lowest BCUT2D eigenvalue weighted by atomic mass is 10.2. The van der Waals surface area contributed by atoms with E-state index >= 15 is 0 Å². The molecular formula is C18H19N3O4. The molecule has 1 heterocycles. The van der Waals surface area contributed by atoms with Crippen LogP contribution in [0.4, 0.5) is 11.4 Å². The van der Waals surface area contributed by atoms with Crippen molar-refractivity contribution >= 4 is 29.2 Å². The lowest BCUT2D eigenvalue weighted by molar-refractivity contribution is -0.124. The maximum absolute atomic E-state index is 12.3. The van der Waals surface area contributed by atoms with Crippen molar-refractivity contribution in [1.29, 1.82) is 0 Å². The van der Waals surface area contributed by atoms with Crippen molar-refractivity contribution in [3.8, 4) is 0 Å². The summed E-state index contributed by atoms with van der Waals surface area (Å²) in [4.78, 5) is 39.2. The molecule has 1 aromatic carbocycles. The van der Waals surface area contributed by atoms with Crippen LogP contribution in [0.5, 0.6) is 0 Å². The smallest absolute Gasteiger partial charge is 0.340 e. The normalized spacial score (nSPS) is 11.3. The lowest BCUT2D eigenvalue weighted by Crippen LogP contribution is -2.32. The van der Waals surface area contributed by atoms with Crippen LogP contribution in [0, 0.1) is 0 Å². The predicted molar refractivity (Wildman–Crippen MR) is 93.1 cm³/mol. The van der Waals surface area contributed by atoms with Crippen LogP contribution in [0.3, 0.4) is 0 Å². The van der Waals surface area contributed by atoms with Gasteiger partial charge < -0.3 is 15.4 Å². The van der Waals surface area contributed by atoms with Gasteiger partial charge in [-0.15, -0.1) is 0 Å². The van der Waals surface area contributed by atoms with E-state index in [-0.39, 0.29) is 11.5 Å². The molecule has 1 aromatic heterocycles. The highest BCUT2D eigenvalue weighted by molar-refractivity contribution is 5.97. The van der Waals surface area contributed by atoms with Crippen LogP contribution in [0.15, 0.2) is 48.8 Å². The number of carbonyl (C=O) groups excluding carboxylic acids is 3. The number of aromatic nitrogens is 1. The molecule has 0 saturated carbocycles. The number of ether oxygens (including phenoxy) is 1. The van der Waals surface area contributed by atoms with Gasteiger partial charge in [0, 0.05) is 30.7 Å². The fraction of sp³-hybridized carbons (Fsp3) is 0.222. The van der Waals surface area contributed by atoms with Gasteiger partial charge in [-0.25, -0.2) is 4.79 Å². The molecule has 2 rings (SSSR count). The second-order valence-corrected chi connectivity index (χ2v) is 5.29. The summed E-state index contributed by atoms with van der Waals surface area (Å²) >= 11 is 0. The van der Waals surface area contributed by atoms with Gasteiger partial charge in [0.25, 0.3) is 5.91 Å². The molecule has 130 valence electrons. The van der Waals surface area contributed by atoms with E-state index in [0.29, 0.717) is 17.8 Å². The number of carbonyl (C=O) groups is 3. The molecule has 0 saturated heterocycles. The van der Waals surface area contributed by atoms with Crippen molar-refractivity contribution in [3.05, 3.63) is 54.4 Å². The summed E-state index contributed by atoms with van der Waals surface area (Å²) in [6.45, 7) is 3.17. The Labute approximate surface area is 145 Å². The maximum Gasteiger partial charge on any atom is 0.340 e. The van der Waals surface area contributed by atoms with Gasteiger partial charge in [-0.3, -0.25) is 14.6 Å². The number of amides is 2. The fourth-order valence-corrected chi connectivity index (χ4v) is 2.07. The number of pyridine rings is 1. The number of hydrogen-bond acceptors (Lipinski definition) is 5. The van der Waals surface area contributed by atoms with Gasteiger partial charge in [-0.05, 0) is 42.8 Å². The standard InChI is InChI=1S/C18H19N3O4/c1-3-16(25-18(24)13-5-4-10-19-11-13)17(23)21-15-8-6-14(7-9-15)20-12(2)22/h4-11,16H,3H2,1-2H3,(H,20,22)(H,21,23). The number of rotatable bonds is 6. The van der Waals surface area contributed by atoms with E-state index in [4.69, 9.17) is 4.74 Å². The van der Waals surface area contributed by atoms with Crippen LogP contribution in [0.2, 0.25) is 0 Å². The zero-order chi connectivity index (χ0) is 18.2. The summed E-state index contributed by atoms with van der Waals surface area (Å²) in [5.74, 6) is -1.20. The third-order valence-corrected chi connectivity index (χ3v) is 3.28. The van der Waals surface area contributed by atoms with E-state index in [1.54, 1.807) is 49.5 Å². The molecule has 2 aromatic rings. The predicted octanol–water partition coefficient (Wildman–Crippen LogP) is 2.61. The minimum absolute atomic E-state index is 0.176. The van der Waals surface area contributed by atoms with Crippen molar-refractivity contribution in [2.75, 3.05) is 10.6 Å². The first-order chi connectivity index (χ1) is 12.0. The number of nitrogens with zero attached hydrogens (tertiary/aromatic N) is 1. The number of nitrogens with one attached hydrogen (secondary N) is 2. The van der Waals surface area contributed by atoms with Crippen LogP contribution >= 0.6 is 0 Å². The second-order valence-electron chi connectivity index (χ2n) is 5.29. The highest BCUT2D eigenvalue weighted by atomic mass is 16.5. The van der Waals surface area contributed by atoms with Gasteiger partial charge in [0.15, 0.2) is 6.10 Å². The average Bonchev–Trinajstić information content (AvgIpc) is 2.61. The number of esters is 1. The van der Waals surface area contributed by atoms with Gasteiger partial charge in [0.1, 0.15) is 0 Å². The van der Waals surface area contributed by atoms with Gasteiger partial charge >= 0.3 is 5.97 Å². The molecule has 0 radical (unpaired) electrons. The number of anilines is 2. The summed E-state index contributed by atoms with van der Waals surface area (Å²) in [5, 5.41) is 5.32. The molecule has 2 N–H and O–H groups in total. The molecule has 0 aliphatic carbocycles. The summed E-state index contributed by atoms with van der Waals surface area (Å²) < 4.78 is 5.25. The Balaban J connectivity index is 1.97. The Morgan fingerprint density at radius 2 is 1.72 bits per heavy atom. The monoisotopic (exact) mass is 341 g/mol. The van der Waals surface area contributed by atoms with Crippen LogP contribution < -0.4 is 10.6 Å². The maximum atomic E-state index is 12.3. The van der Waals surface area contributed by atoms with Crippen molar-refractivity contribution in [1.82, 2.24) is 4.98 Å². The summed E-state index contributed by atoms with van der Waals surface area (Å²) in [6, 6.07) is 9.83. The number of benzene rings is 1. The molecule has 1 atom stereocenters. The van der Waals surface area contributed by atoms with Crippen LogP contribution in [0.1, 0.15) is 30.6 Å². The first-order valence-electron chi connectivity index (χ1n) is 7.79. The third-order valence-electron chi connectivity index (χ3n) is 3.28. The Morgan fingerprint density at radius 1 is 1.08 bits per heavy atom. The van der Waals surface area contributed by atoms with E-state index in [1.165, 1.54) is 13.1 Å². The summed E-state index contributed by atoms with van der Waals surface area (Å²) in [7, 11) is 0. The molecule has 0 aliphatic rings. The lowest BCUT2D eigenvalue weighted by Gasteiger charge is -2.16. The van der Waals surface area contributed by atoms with E-state index in [9.17, 15) is 14.4 Å². The molecule has 0 fully saturated rings. The van der Waals surface area contributed by atoms with Crippen molar-refractivity contribution in [2.45, 2.75) is 26.4 Å². The Morgan fingerprint density at radius 3 is 2.24 bits per heavy atom. The van der Waals surface area contributed by atoms with Gasteiger partial charge in [-0.2, -0.15) is 0 Å². The SMILES string of the molecule is CCC(OC(=O)c1cccnc1)C(=O)Nc1ccc(NC(C)=O)cc1. The minimum Gasteiger partial charge on any atom is -0.449 e. The molecule has 25 heavy (non-hydrogen) atoms. The Kier molecular flexibility index (Phi) is 6.22. The van der Waals surface area contributed by atoms with E-state index in [2.05, 4.69) is 15.6 Å². The minimum atomic E-state index is -0.914. The third kappa shape index (κ3) is 5.42. The van der Waals surface area contributed by atoms with E-state index < -0.39 is 18.0 Å². The molecule has 0 aliphatic heterocycles. The second kappa shape index (κ2) is 8.58. The first kappa shape index (κ1) is 18.1. The molecule has 0 bridgehead atoms.